The number of carbonyl (C=O) groups is 2. The summed E-state index contributed by atoms with van der Waals surface area (Å²) in [5, 5.41) is 17.9. The van der Waals surface area contributed by atoms with Crippen molar-refractivity contribution < 1.29 is 38.4 Å². The predicted molar refractivity (Wildman–Crippen MR) is 10.0 cm³/mol. The van der Waals surface area contributed by atoms with Gasteiger partial charge in [0.15, 0.2) is 0 Å². The molecule has 0 aliphatic heterocycles. The van der Waals surface area contributed by atoms with Crippen molar-refractivity contribution in [1.29, 1.82) is 0 Å². The van der Waals surface area contributed by atoms with Gasteiger partial charge in [-0.3, -0.25) is 0 Å². The molecule has 1 radical (unpaired) electrons. The monoisotopic (exact) mass is 139 g/mol. The Morgan fingerprint density at radius 1 is 1.00 bits per heavy atom. The SMILES string of the molecule is O=C([O-])C(=O)[O-].[V]. The van der Waals surface area contributed by atoms with Gasteiger partial charge in [-0.2, -0.15) is 0 Å². The van der Waals surface area contributed by atoms with E-state index in [4.69, 9.17) is 19.8 Å². The number of carboxylic acids is 2. The van der Waals surface area contributed by atoms with E-state index in [1.165, 1.54) is 0 Å². The van der Waals surface area contributed by atoms with E-state index in [1.54, 1.807) is 0 Å². The molecule has 0 saturated heterocycles. The summed E-state index contributed by atoms with van der Waals surface area (Å²) in [4.78, 5) is 17.9. The first-order valence-corrected chi connectivity index (χ1v) is 1.07. The van der Waals surface area contributed by atoms with Crippen LogP contribution in [0, 0.1) is 0 Å². The molecule has 0 amide bonds. The van der Waals surface area contributed by atoms with Crippen LogP contribution in [0.3, 0.4) is 0 Å². The maximum atomic E-state index is 8.93. The fraction of sp³-hybridized carbons (Fsp3) is 0. The maximum absolute atomic E-state index is 8.93. The van der Waals surface area contributed by atoms with Crippen LogP contribution in [0.4, 0.5) is 0 Å². The van der Waals surface area contributed by atoms with E-state index in [2.05, 4.69) is 0 Å². The Labute approximate surface area is 51.0 Å². The second-order valence-corrected chi connectivity index (χ2v) is 0.575. The Morgan fingerprint density at radius 2 is 1.14 bits per heavy atom. The second-order valence-electron chi connectivity index (χ2n) is 0.575. The summed E-state index contributed by atoms with van der Waals surface area (Å²) in [6.07, 6.45) is 0. The van der Waals surface area contributed by atoms with Gasteiger partial charge in [0, 0.05) is 18.6 Å². The second kappa shape index (κ2) is 3.71. The minimum absolute atomic E-state index is 0. The molecule has 0 heterocycles. The van der Waals surface area contributed by atoms with Gasteiger partial charge in [-0.15, -0.1) is 0 Å². The van der Waals surface area contributed by atoms with E-state index >= 15 is 0 Å². The van der Waals surface area contributed by atoms with Crippen LogP contribution >= 0.6 is 0 Å². The minimum Gasteiger partial charge on any atom is -0.543 e. The zero-order valence-electron chi connectivity index (χ0n) is 3.08. The van der Waals surface area contributed by atoms with Crippen molar-refractivity contribution in [2.24, 2.45) is 0 Å². The quantitative estimate of drug-likeness (QED) is 0.326. The van der Waals surface area contributed by atoms with Crippen LogP contribution in [-0.2, 0) is 28.1 Å². The van der Waals surface area contributed by atoms with Crippen molar-refractivity contribution in [2.45, 2.75) is 0 Å². The molecule has 39 valence electrons. The van der Waals surface area contributed by atoms with E-state index in [1.807, 2.05) is 0 Å². The molecule has 0 saturated carbocycles. The third-order valence-corrected chi connectivity index (χ3v) is 0.167. The summed E-state index contributed by atoms with van der Waals surface area (Å²) >= 11 is 0. The van der Waals surface area contributed by atoms with Crippen molar-refractivity contribution in [3.63, 3.8) is 0 Å². The molecule has 7 heavy (non-hydrogen) atoms. The van der Waals surface area contributed by atoms with Crippen molar-refractivity contribution in [1.82, 2.24) is 0 Å². The maximum Gasteiger partial charge on any atom is 0.0870 e. The summed E-state index contributed by atoms with van der Waals surface area (Å²) in [5.41, 5.74) is 0. The molecule has 0 bridgehead atoms. The standard InChI is InChI=1S/C2H2O4.V/c3-1(4)2(5)6;/h(H,3,4)(H,5,6);/p-2. The topological polar surface area (TPSA) is 80.3 Å². The molecule has 0 spiro atoms. The van der Waals surface area contributed by atoms with E-state index in [9.17, 15) is 0 Å². The smallest absolute Gasteiger partial charge is 0.0870 e. The number of carbonyl (C=O) groups excluding carboxylic acids is 2. The fourth-order valence-corrected chi connectivity index (χ4v) is 0. The number of rotatable bonds is 0. The Balaban J connectivity index is 0. The first kappa shape index (κ1) is 9.73. The summed E-state index contributed by atoms with van der Waals surface area (Å²) in [5.74, 6) is -4.37. The molecule has 0 atom stereocenters. The summed E-state index contributed by atoms with van der Waals surface area (Å²) < 4.78 is 0. The van der Waals surface area contributed by atoms with Gasteiger partial charge in [-0.05, 0) is 0 Å². The average molecular weight is 139 g/mol. The van der Waals surface area contributed by atoms with Gasteiger partial charge >= 0.3 is 0 Å². The van der Waals surface area contributed by atoms with E-state index < -0.39 is 11.9 Å². The van der Waals surface area contributed by atoms with E-state index in [0.717, 1.165) is 0 Å². The first-order chi connectivity index (χ1) is 2.64. The molecule has 0 aliphatic rings. The molecule has 4 nitrogen and oxygen atoms in total. The number of aliphatic carboxylic acids is 2. The summed E-state index contributed by atoms with van der Waals surface area (Å²) in [6, 6.07) is 0. The summed E-state index contributed by atoms with van der Waals surface area (Å²) in [7, 11) is 0. The molecular formula is C2O4V-2. The van der Waals surface area contributed by atoms with E-state index in [0.29, 0.717) is 0 Å². The Bertz CT molecular complexity index is 75.7. The van der Waals surface area contributed by atoms with Gasteiger partial charge in [0.2, 0.25) is 0 Å². The predicted octanol–water partition coefficient (Wildman–Crippen LogP) is -3.52. The zero-order chi connectivity index (χ0) is 5.15. The molecule has 0 aromatic carbocycles. The van der Waals surface area contributed by atoms with Crippen LogP contribution in [-0.4, -0.2) is 11.9 Å². The third kappa shape index (κ3) is 5.52. The Kier molecular flexibility index (Phi) is 5.15. The zero-order valence-corrected chi connectivity index (χ0v) is 4.48. The number of hydrogen-bond acceptors (Lipinski definition) is 4. The van der Waals surface area contributed by atoms with Crippen LogP contribution in [0.15, 0.2) is 0 Å². The van der Waals surface area contributed by atoms with Gasteiger partial charge < -0.3 is 19.8 Å². The molecular weight excluding hydrogens is 139 g/mol. The molecule has 0 aromatic rings. The largest absolute Gasteiger partial charge is 0.543 e. The molecule has 0 aliphatic carbocycles. The fourth-order valence-electron chi connectivity index (χ4n) is 0. The van der Waals surface area contributed by atoms with Crippen LogP contribution in [0.2, 0.25) is 0 Å². The molecule has 0 rings (SSSR count). The van der Waals surface area contributed by atoms with Crippen molar-refractivity contribution in [3.8, 4) is 0 Å². The van der Waals surface area contributed by atoms with Crippen LogP contribution in [0.25, 0.3) is 0 Å². The van der Waals surface area contributed by atoms with Gasteiger partial charge in [0.05, 0.1) is 11.9 Å². The van der Waals surface area contributed by atoms with Crippen LogP contribution in [0.1, 0.15) is 0 Å². The van der Waals surface area contributed by atoms with Gasteiger partial charge in [-0.1, -0.05) is 0 Å². The van der Waals surface area contributed by atoms with Crippen molar-refractivity contribution in [3.05, 3.63) is 0 Å². The number of carboxylic acid groups (broad SMARTS) is 2. The van der Waals surface area contributed by atoms with Crippen LogP contribution in [0.5, 0.6) is 0 Å². The molecule has 0 unspecified atom stereocenters. The normalized spacial score (nSPS) is 6.29. The van der Waals surface area contributed by atoms with Crippen molar-refractivity contribution in [2.75, 3.05) is 0 Å². The van der Waals surface area contributed by atoms with Gasteiger partial charge in [0.1, 0.15) is 0 Å². The molecule has 5 heteroatoms. The Morgan fingerprint density at radius 3 is 1.14 bits per heavy atom. The van der Waals surface area contributed by atoms with Crippen molar-refractivity contribution >= 4 is 11.9 Å². The van der Waals surface area contributed by atoms with Crippen LogP contribution < -0.4 is 10.2 Å². The minimum atomic E-state index is -2.19. The molecule has 0 N–H and O–H groups in total. The van der Waals surface area contributed by atoms with E-state index in [-0.39, 0.29) is 18.6 Å². The third-order valence-electron chi connectivity index (χ3n) is 0.167. The number of hydrogen-bond donors (Lipinski definition) is 0. The average Bonchev–Trinajstić information content (AvgIpc) is 1.36. The summed E-state index contributed by atoms with van der Waals surface area (Å²) in [6.45, 7) is 0. The first-order valence-electron chi connectivity index (χ1n) is 1.07. The molecule has 0 fully saturated rings. The molecule has 0 aromatic heterocycles. The Hall–Kier alpha value is -0.476. The van der Waals surface area contributed by atoms with Gasteiger partial charge in [0.25, 0.3) is 0 Å². The van der Waals surface area contributed by atoms with Gasteiger partial charge in [-0.25, -0.2) is 0 Å².